The SMILES string of the molecule is CCCCC(F)(F)c1nc(Cc2ccc(-c3ccccc3C(=O)O)cc2)n(C2CCCCC2)n1. The molecule has 1 fully saturated rings. The van der Waals surface area contributed by atoms with Crippen LogP contribution >= 0.6 is 0 Å². The van der Waals surface area contributed by atoms with Crippen molar-refractivity contribution in [1.82, 2.24) is 14.8 Å². The minimum absolute atomic E-state index is 0.105. The number of rotatable bonds is 9. The minimum atomic E-state index is -3.03. The number of hydrogen-bond donors (Lipinski definition) is 1. The Morgan fingerprint density at radius 3 is 2.47 bits per heavy atom. The van der Waals surface area contributed by atoms with Gasteiger partial charge in [-0.2, -0.15) is 8.78 Å². The lowest BCUT2D eigenvalue weighted by Gasteiger charge is -2.23. The maximum atomic E-state index is 14.8. The molecule has 5 nitrogen and oxygen atoms in total. The molecule has 4 rings (SSSR count). The van der Waals surface area contributed by atoms with Crippen LogP contribution in [0.25, 0.3) is 11.1 Å². The number of carboxylic acids is 1. The highest BCUT2D eigenvalue weighted by Crippen LogP contribution is 2.35. The first-order chi connectivity index (χ1) is 16.4. The lowest BCUT2D eigenvalue weighted by molar-refractivity contribution is -0.0248. The van der Waals surface area contributed by atoms with E-state index in [1.807, 2.05) is 37.3 Å². The van der Waals surface area contributed by atoms with E-state index < -0.39 is 11.9 Å². The van der Waals surface area contributed by atoms with Crippen molar-refractivity contribution in [3.63, 3.8) is 0 Å². The van der Waals surface area contributed by atoms with Crippen LogP contribution in [0.4, 0.5) is 8.78 Å². The van der Waals surface area contributed by atoms with E-state index >= 15 is 0 Å². The molecule has 3 aromatic rings. The quantitative estimate of drug-likeness (QED) is 0.367. The Bertz CT molecular complexity index is 1120. The molecule has 1 aliphatic carbocycles. The predicted octanol–water partition coefficient (Wildman–Crippen LogP) is 7.02. The number of alkyl halides is 2. The van der Waals surface area contributed by atoms with Gasteiger partial charge in [0.1, 0.15) is 5.82 Å². The van der Waals surface area contributed by atoms with Crippen molar-refractivity contribution in [1.29, 1.82) is 0 Å². The Hall–Kier alpha value is -3.09. The maximum absolute atomic E-state index is 14.8. The molecule has 0 unspecified atom stereocenters. The van der Waals surface area contributed by atoms with E-state index in [4.69, 9.17) is 0 Å². The molecule has 0 aliphatic heterocycles. The number of nitrogens with zero attached hydrogens (tertiary/aromatic N) is 3. The van der Waals surface area contributed by atoms with Crippen LogP contribution in [-0.4, -0.2) is 25.8 Å². The summed E-state index contributed by atoms with van der Waals surface area (Å²) in [6.45, 7) is 1.90. The average Bonchev–Trinajstić information content (AvgIpc) is 3.28. The first-order valence-corrected chi connectivity index (χ1v) is 12.1. The fraction of sp³-hybridized carbons (Fsp3) is 0.444. The molecule has 0 bridgehead atoms. The van der Waals surface area contributed by atoms with Crippen LogP contribution in [0.15, 0.2) is 48.5 Å². The van der Waals surface area contributed by atoms with Crippen LogP contribution in [0.5, 0.6) is 0 Å². The van der Waals surface area contributed by atoms with Crippen LogP contribution in [-0.2, 0) is 12.3 Å². The van der Waals surface area contributed by atoms with Gasteiger partial charge in [-0.15, -0.1) is 5.10 Å². The maximum Gasteiger partial charge on any atom is 0.336 e. The summed E-state index contributed by atoms with van der Waals surface area (Å²) in [7, 11) is 0. The molecule has 1 aliphatic rings. The second kappa shape index (κ2) is 10.5. The summed E-state index contributed by atoms with van der Waals surface area (Å²) in [6.07, 6.45) is 6.46. The van der Waals surface area contributed by atoms with Crippen molar-refractivity contribution in [2.45, 2.75) is 76.7 Å². The Balaban J connectivity index is 1.62. The molecule has 2 aromatic carbocycles. The molecule has 0 radical (unpaired) electrons. The van der Waals surface area contributed by atoms with Crippen LogP contribution in [0, 0.1) is 0 Å². The number of aromatic carboxylic acids is 1. The van der Waals surface area contributed by atoms with Gasteiger partial charge < -0.3 is 5.11 Å². The van der Waals surface area contributed by atoms with Crippen molar-refractivity contribution in [3.05, 3.63) is 71.3 Å². The first-order valence-electron chi connectivity index (χ1n) is 12.1. The molecule has 0 amide bonds. The van der Waals surface area contributed by atoms with Gasteiger partial charge in [-0.25, -0.2) is 14.5 Å². The third kappa shape index (κ3) is 5.34. The van der Waals surface area contributed by atoms with Crippen LogP contribution in [0.3, 0.4) is 0 Å². The minimum Gasteiger partial charge on any atom is -0.478 e. The monoisotopic (exact) mass is 467 g/mol. The predicted molar refractivity (Wildman–Crippen MR) is 127 cm³/mol. The second-order valence-corrected chi connectivity index (χ2v) is 9.12. The molecule has 1 saturated carbocycles. The highest BCUT2D eigenvalue weighted by Gasteiger charge is 2.37. The van der Waals surface area contributed by atoms with Crippen molar-refractivity contribution in [3.8, 4) is 11.1 Å². The largest absolute Gasteiger partial charge is 0.478 e. The highest BCUT2D eigenvalue weighted by atomic mass is 19.3. The Labute approximate surface area is 198 Å². The number of halogens is 2. The Kier molecular flexibility index (Phi) is 7.39. The van der Waals surface area contributed by atoms with Gasteiger partial charge >= 0.3 is 11.9 Å². The number of benzene rings is 2. The van der Waals surface area contributed by atoms with Crippen molar-refractivity contribution < 1.29 is 18.7 Å². The summed E-state index contributed by atoms with van der Waals surface area (Å²) in [5.74, 6) is -3.81. The van der Waals surface area contributed by atoms with Gasteiger partial charge in [0.05, 0.1) is 11.6 Å². The number of unbranched alkanes of at least 4 members (excludes halogenated alkanes) is 1. The molecule has 0 atom stereocenters. The number of carboxylic acid groups (broad SMARTS) is 1. The molecular formula is C27H31F2N3O2. The van der Waals surface area contributed by atoms with E-state index in [1.54, 1.807) is 22.9 Å². The lowest BCUT2D eigenvalue weighted by Crippen LogP contribution is -2.19. The van der Waals surface area contributed by atoms with Gasteiger partial charge in [-0.3, -0.25) is 0 Å². The van der Waals surface area contributed by atoms with Gasteiger partial charge in [-0.05, 0) is 42.0 Å². The Morgan fingerprint density at radius 1 is 1.09 bits per heavy atom. The zero-order valence-electron chi connectivity index (χ0n) is 19.5. The molecular weight excluding hydrogens is 436 g/mol. The first kappa shape index (κ1) is 24.0. The topological polar surface area (TPSA) is 68.0 Å². The van der Waals surface area contributed by atoms with E-state index in [0.29, 0.717) is 30.7 Å². The molecule has 1 heterocycles. The molecule has 0 spiro atoms. The van der Waals surface area contributed by atoms with E-state index in [2.05, 4.69) is 10.1 Å². The molecule has 1 N–H and O–H groups in total. The average molecular weight is 468 g/mol. The number of carbonyl (C=O) groups is 1. The number of aromatic nitrogens is 3. The number of hydrogen-bond acceptors (Lipinski definition) is 3. The Morgan fingerprint density at radius 2 is 1.79 bits per heavy atom. The zero-order valence-corrected chi connectivity index (χ0v) is 19.5. The fourth-order valence-electron chi connectivity index (χ4n) is 4.67. The second-order valence-electron chi connectivity index (χ2n) is 9.12. The van der Waals surface area contributed by atoms with Gasteiger partial charge in [0, 0.05) is 12.8 Å². The van der Waals surface area contributed by atoms with Crippen molar-refractivity contribution in [2.75, 3.05) is 0 Å². The summed E-state index contributed by atoms with van der Waals surface area (Å²) in [5, 5.41) is 13.8. The van der Waals surface area contributed by atoms with Crippen LogP contribution in [0.2, 0.25) is 0 Å². The van der Waals surface area contributed by atoms with Gasteiger partial charge in [0.25, 0.3) is 0 Å². The third-order valence-electron chi connectivity index (χ3n) is 6.58. The van der Waals surface area contributed by atoms with E-state index in [1.165, 1.54) is 6.42 Å². The lowest BCUT2D eigenvalue weighted by atomic mass is 9.95. The molecule has 34 heavy (non-hydrogen) atoms. The molecule has 7 heteroatoms. The highest BCUT2D eigenvalue weighted by molar-refractivity contribution is 5.95. The standard InChI is InChI=1S/C27H31F2N3O2/c1-2-3-17-27(28,29)26-30-24(32(31-26)21-9-5-4-6-10-21)18-19-13-15-20(16-14-19)22-11-7-8-12-23(22)25(33)34/h7-8,11-16,21H,2-6,9-10,17-18H2,1H3,(H,33,34). The van der Waals surface area contributed by atoms with Gasteiger partial charge in [-0.1, -0.05) is 75.1 Å². The van der Waals surface area contributed by atoms with E-state index in [-0.39, 0.29) is 23.9 Å². The normalized spacial score (nSPS) is 14.9. The fourth-order valence-corrected chi connectivity index (χ4v) is 4.67. The van der Waals surface area contributed by atoms with Gasteiger partial charge in [0.15, 0.2) is 0 Å². The van der Waals surface area contributed by atoms with Crippen molar-refractivity contribution in [2.24, 2.45) is 0 Å². The molecule has 180 valence electrons. The third-order valence-corrected chi connectivity index (χ3v) is 6.58. The summed E-state index contributed by atoms with van der Waals surface area (Å²) in [5.41, 5.74) is 2.60. The van der Waals surface area contributed by atoms with E-state index in [9.17, 15) is 18.7 Å². The van der Waals surface area contributed by atoms with E-state index in [0.717, 1.165) is 36.8 Å². The van der Waals surface area contributed by atoms with Crippen LogP contribution in [0.1, 0.15) is 91.9 Å². The molecule has 1 aromatic heterocycles. The summed E-state index contributed by atoms with van der Waals surface area (Å²) >= 11 is 0. The molecule has 0 saturated heterocycles. The van der Waals surface area contributed by atoms with Crippen LogP contribution < -0.4 is 0 Å². The summed E-state index contributed by atoms with van der Waals surface area (Å²) in [4.78, 5) is 15.9. The van der Waals surface area contributed by atoms with Gasteiger partial charge in [0.2, 0.25) is 5.82 Å². The van der Waals surface area contributed by atoms with Crippen molar-refractivity contribution >= 4 is 5.97 Å². The summed E-state index contributed by atoms with van der Waals surface area (Å²) < 4.78 is 31.4. The smallest absolute Gasteiger partial charge is 0.336 e. The summed E-state index contributed by atoms with van der Waals surface area (Å²) in [6, 6.07) is 14.5. The zero-order chi connectivity index (χ0) is 24.1.